The molecule has 1 amide bonds. The topological polar surface area (TPSA) is 83.9 Å². The van der Waals surface area contributed by atoms with Crippen molar-refractivity contribution in [3.63, 3.8) is 0 Å². The second-order valence-electron chi connectivity index (χ2n) is 11.3. The van der Waals surface area contributed by atoms with Crippen LogP contribution >= 0.6 is 11.6 Å². The number of hydrogen-bond acceptors (Lipinski definition) is 6. The molecule has 2 aromatic rings. The number of rotatable bonds is 4. The molecule has 0 bridgehead atoms. The van der Waals surface area contributed by atoms with Crippen LogP contribution in [0.4, 0.5) is 10.2 Å². The molecule has 5 unspecified atom stereocenters. The molecule has 5 atom stereocenters. The van der Waals surface area contributed by atoms with Gasteiger partial charge in [-0.2, -0.15) is 0 Å². The van der Waals surface area contributed by atoms with E-state index in [-0.39, 0.29) is 36.3 Å². The van der Waals surface area contributed by atoms with E-state index in [0.717, 1.165) is 48.8 Å². The SMILES string of the molecule is CC1(N2CCC(c3cc4cc(NC(=O)C5CC56CCOCC6)ncc4cc3Cl)C(F)C2)COCC1O. The van der Waals surface area contributed by atoms with E-state index in [0.29, 0.717) is 30.4 Å². The normalized spacial score (nSPS) is 34.2. The second-order valence-corrected chi connectivity index (χ2v) is 11.7. The molecule has 3 aliphatic heterocycles. The van der Waals surface area contributed by atoms with Crippen LogP contribution in [0.5, 0.6) is 0 Å². The lowest BCUT2D eigenvalue weighted by atomic mass is 9.84. The Bertz CT molecular complexity index is 1180. The molecule has 1 aromatic heterocycles. The first kappa shape index (κ1) is 24.5. The van der Waals surface area contributed by atoms with Crippen molar-refractivity contribution < 1.29 is 23.8 Å². The van der Waals surface area contributed by atoms with Gasteiger partial charge in [-0.1, -0.05) is 11.6 Å². The molecule has 1 saturated carbocycles. The van der Waals surface area contributed by atoms with Gasteiger partial charge in [0.1, 0.15) is 12.0 Å². The van der Waals surface area contributed by atoms with Crippen LogP contribution in [0.2, 0.25) is 5.02 Å². The molecule has 3 saturated heterocycles. The summed E-state index contributed by atoms with van der Waals surface area (Å²) in [6, 6.07) is 5.62. The number of benzene rings is 1. The van der Waals surface area contributed by atoms with E-state index in [2.05, 4.69) is 10.3 Å². The largest absolute Gasteiger partial charge is 0.389 e. The molecule has 194 valence electrons. The number of ether oxygens (including phenoxy) is 2. The third kappa shape index (κ3) is 4.21. The zero-order chi connectivity index (χ0) is 25.1. The fraction of sp³-hybridized carbons (Fsp3) is 0.630. The van der Waals surface area contributed by atoms with Gasteiger partial charge in [0, 0.05) is 48.2 Å². The van der Waals surface area contributed by atoms with Gasteiger partial charge < -0.3 is 19.9 Å². The smallest absolute Gasteiger partial charge is 0.229 e. The highest BCUT2D eigenvalue weighted by Crippen LogP contribution is 2.59. The van der Waals surface area contributed by atoms with E-state index in [4.69, 9.17) is 21.1 Å². The predicted octanol–water partition coefficient (Wildman–Crippen LogP) is 3.92. The van der Waals surface area contributed by atoms with Gasteiger partial charge in [-0.05, 0) is 73.7 Å². The van der Waals surface area contributed by atoms with E-state index in [1.54, 1.807) is 6.20 Å². The predicted molar refractivity (Wildman–Crippen MR) is 135 cm³/mol. The van der Waals surface area contributed by atoms with Crippen molar-refractivity contribution in [3.05, 3.63) is 35.0 Å². The molecule has 36 heavy (non-hydrogen) atoms. The summed E-state index contributed by atoms with van der Waals surface area (Å²) in [6.07, 6.45) is 3.34. The Balaban J connectivity index is 1.18. The number of hydrogen-bond donors (Lipinski definition) is 2. The number of nitrogens with one attached hydrogen (secondary N) is 1. The van der Waals surface area contributed by atoms with Crippen LogP contribution in [0.15, 0.2) is 24.4 Å². The van der Waals surface area contributed by atoms with Gasteiger partial charge in [0.2, 0.25) is 5.91 Å². The van der Waals surface area contributed by atoms with E-state index < -0.39 is 17.8 Å². The molecule has 4 fully saturated rings. The lowest BCUT2D eigenvalue weighted by Crippen LogP contribution is -2.58. The average molecular weight is 518 g/mol. The van der Waals surface area contributed by atoms with Crippen molar-refractivity contribution in [2.75, 3.05) is 44.8 Å². The Kier molecular flexibility index (Phi) is 6.24. The van der Waals surface area contributed by atoms with Crippen molar-refractivity contribution >= 4 is 34.1 Å². The summed E-state index contributed by atoms with van der Waals surface area (Å²) in [7, 11) is 0. The van der Waals surface area contributed by atoms with Crippen molar-refractivity contribution in [2.45, 2.75) is 56.3 Å². The molecule has 9 heteroatoms. The molecule has 4 aliphatic rings. The number of aliphatic hydroxyl groups is 1. The molecule has 2 N–H and O–H groups in total. The molecular weight excluding hydrogens is 485 g/mol. The van der Waals surface area contributed by atoms with Crippen molar-refractivity contribution in [2.24, 2.45) is 11.3 Å². The van der Waals surface area contributed by atoms with Gasteiger partial charge in [0.25, 0.3) is 0 Å². The molecule has 1 aliphatic carbocycles. The summed E-state index contributed by atoms with van der Waals surface area (Å²) in [5.41, 5.74) is 0.311. The quantitative estimate of drug-likeness (QED) is 0.639. The van der Waals surface area contributed by atoms with Crippen LogP contribution < -0.4 is 5.32 Å². The van der Waals surface area contributed by atoms with Crippen molar-refractivity contribution in [1.82, 2.24) is 9.88 Å². The molecular formula is C27H33ClFN3O4. The Morgan fingerprint density at radius 2 is 2.06 bits per heavy atom. The maximum atomic E-state index is 15.5. The van der Waals surface area contributed by atoms with Gasteiger partial charge in [-0.15, -0.1) is 0 Å². The summed E-state index contributed by atoms with van der Waals surface area (Å²) in [5.74, 6) is 0.195. The minimum Gasteiger partial charge on any atom is -0.389 e. The number of piperidine rings is 1. The van der Waals surface area contributed by atoms with Gasteiger partial charge in [0.05, 0.1) is 24.9 Å². The van der Waals surface area contributed by atoms with E-state index in [1.807, 2.05) is 30.0 Å². The number of anilines is 1. The number of aliphatic hydroxyl groups excluding tert-OH is 1. The maximum absolute atomic E-state index is 15.5. The number of carbonyl (C=O) groups is 1. The Morgan fingerprint density at radius 1 is 1.25 bits per heavy atom. The number of fused-ring (bicyclic) bond motifs is 1. The Hall–Kier alpha value is -1.84. The monoisotopic (exact) mass is 517 g/mol. The average Bonchev–Trinajstić information content (AvgIpc) is 3.44. The lowest BCUT2D eigenvalue weighted by Gasteiger charge is -2.45. The highest BCUT2D eigenvalue weighted by atomic mass is 35.5. The van der Waals surface area contributed by atoms with Crippen LogP contribution in [0.25, 0.3) is 10.8 Å². The van der Waals surface area contributed by atoms with Gasteiger partial charge in [-0.25, -0.2) is 9.37 Å². The first-order valence-electron chi connectivity index (χ1n) is 12.9. The zero-order valence-corrected chi connectivity index (χ0v) is 21.3. The fourth-order valence-corrected chi connectivity index (χ4v) is 6.78. The Morgan fingerprint density at radius 3 is 2.78 bits per heavy atom. The lowest BCUT2D eigenvalue weighted by molar-refractivity contribution is -0.118. The molecule has 1 aromatic carbocycles. The number of amides is 1. The van der Waals surface area contributed by atoms with Gasteiger partial charge in [-0.3, -0.25) is 9.69 Å². The molecule has 0 radical (unpaired) electrons. The van der Waals surface area contributed by atoms with E-state index >= 15 is 4.39 Å². The number of likely N-dealkylation sites (tertiary alicyclic amines) is 1. The highest BCUT2D eigenvalue weighted by Gasteiger charge is 2.58. The standard InChI is InChI=1S/C27H33ClFN3O4/c1-26(15-36-14-23(26)33)32-5-2-18(22(29)13-32)19-8-16-10-24(30-12-17(16)9-21(19)28)31-25(34)20-11-27(20)3-6-35-7-4-27/h8-10,12,18,20,22-23,33H,2-7,11,13-15H2,1H3,(H,30,31,34). The van der Waals surface area contributed by atoms with Crippen molar-refractivity contribution in [1.29, 1.82) is 0 Å². The number of halogens is 2. The van der Waals surface area contributed by atoms with Crippen molar-refractivity contribution in [3.8, 4) is 0 Å². The van der Waals surface area contributed by atoms with Crippen LogP contribution in [-0.2, 0) is 14.3 Å². The number of pyridine rings is 1. The van der Waals surface area contributed by atoms with Crippen LogP contribution in [0.1, 0.15) is 44.1 Å². The van der Waals surface area contributed by atoms with Gasteiger partial charge in [0.15, 0.2) is 0 Å². The van der Waals surface area contributed by atoms with Crippen LogP contribution in [0, 0.1) is 11.3 Å². The number of alkyl halides is 1. The van der Waals surface area contributed by atoms with Gasteiger partial charge >= 0.3 is 0 Å². The van der Waals surface area contributed by atoms with E-state index in [9.17, 15) is 9.90 Å². The first-order valence-corrected chi connectivity index (χ1v) is 13.3. The van der Waals surface area contributed by atoms with Crippen LogP contribution in [0.3, 0.4) is 0 Å². The minimum absolute atomic E-state index is 0.0145. The molecule has 4 heterocycles. The summed E-state index contributed by atoms with van der Waals surface area (Å²) in [6.45, 7) is 4.96. The zero-order valence-electron chi connectivity index (χ0n) is 20.5. The summed E-state index contributed by atoms with van der Waals surface area (Å²) < 4.78 is 26.4. The third-order valence-corrected chi connectivity index (χ3v) is 9.46. The molecule has 6 rings (SSSR count). The number of nitrogens with zero attached hydrogens (tertiary/aromatic N) is 2. The molecule has 7 nitrogen and oxygen atoms in total. The minimum atomic E-state index is -1.12. The Labute approximate surface area is 215 Å². The maximum Gasteiger partial charge on any atom is 0.229 e. The summed E-state index contributed by atoms with van der Waals surface area (Å²) in [4.78, 5) is 19.3. The number of carbonyl (C=O) groups excluding carboxylic acids is 1. The first-order chi connectivity index (χ1) is 17.3. The highest BCUT2D eigenvalue weighted by molar-refractivity contribution is 6.32. The molecule has 1 spiro atoms. The summed E-state index contributed by atoms with van der Waals surface area (Å²) in [5, 5.41) is 15.6. The van der Waals surface area contributed by atoms with E-state index in [1.165, 1.54) is 0 Å². The van der Waals surface area contributed by atoms with Crippen LogP contribution in [-0.4, -0.2) is 78.2 Å². The summed E-state index contributed by atoms with van der Waals surface area (Å²) >= 11 is 6.62. The third-order valence-electron chi connectivity index (χ3n) is 9.13. The second kappa shape index (κ2) is 9.17. The number of aromatic nitrogens is 1. The fourth-order valence-electron chi connectivity index (χ4n) is 6.47.